The minimum absolute atomic E-state index is 0. The molecule has 1 aromatic heterocycles. The van der Waals surface area contributed by atoms with E-state index in [0.29, 0.717) is 19.5 Å². The fraction of sp³-hybridized carbons (Fsp3) is 0.450. The monoisotopic (exact) mass is 513 g/mol. The van der Waals surface area contributed by atoms with Crippen LogP contribution >= 0.6 is 35.3 Å². The van der Waals surface area contributed by atoms with Gasteiger partial charge in [0, 0.05) is 38.0 Å². The Labute approximate surface area is 187 Å². The first kappa shape index (κ1) is 22.6. The summed E-state index contributed by atoms with van der Waals surface area (Å²) in [7, 11) is 1.75. The van der Waals surface area contributed by atoms with Gasteiger partial charge < -0.3 is 15.5 Å². The Morgan fingerprint density at radius 3 is 2.46 bits per heavy atom. The molecule has 0 radical (unpaired) electrons. The highest BCUT2D eigenvalue weighted by Crippen LogP contribution is 2.22. The lowest BCUT2D eigenvalue weighted by Gasteiger charge is -2.16. The Balaban J connectivity index is 0.00000280. The fourth-order valence-electron chi connectivity index (χ4n) is 3.11. The average Bonchev–Trinajstić information content (AvgIpc) is 3.24. The number of thiazole rings is 1. The number of aliphatic imine (C=N–C) groups is 1. The van der Waals surface area contributed by atoms with Crippen LogP contribution in [0.4, 0.5) is 0 Å². The fourth-order valence-corrected chi connectivity index (χ4v) is 3.98. The van der Waals surface area contributed by atoms with Crippen molar-refractivity contribution < 1.29 is 4.79 Å². The Hall–Kier alpha value is -1.68. The Bertz CT molecular complexity index is 791. The molecule has 0 saturated carbocycles. The molecule has 1 aromatic carbocycles. The van der Waals surface area contributed by atoms with Gasteiger partial charge >= 0.3 is 0 Å². The topological polar surface area (TPSA) is 69.6 Å². The van der Waals surface area contributed by atoms with Crippen LogP contribution in [0.2, 0.25) is 0 Å². The standard InChI is InChI=1S/C20H27N5OS.HI/c1-14-15(2)27-18(24-14)11-23-20(21-3)22-10-6-9-19(26)25-12-16-7-4-5-8-17(16)13-25;/h4-5,7-8H,6,9-13H2,1-3H3,(H2,21,22,23);1H. The highest BCUT2D eigenvalue weighted by Gasteiger charge is 2.22. The number of benzene rings is 1. The molecule has 2 heterocycles. The largest absolute Gasteiger partial charge is 0.356 e. The third-order valence-electron chi connectivity index (χ3n) is 4.76. The summed E-state index contributed by atoms with van der Waals surface area (Å²) in [5.41, 5.74) is 3.62. The van der Waals surface area contributed by atoms with Crippen LogP contribution in [0, 0.1) is 13.8 Å². The second kappa shape index (κ2) is 10.8. The number of amides is 1. The lowest BCUT2D eigenvalue weighted by atomic mass is 10.1. The van der Waals surface area contributed by atoms with E-state index in [1.54, 1.807) is 18.4 Å². The van der Waals surface area contributed by atoms with Crippen LogP contribution in [0.5, 0.6) is 0 Å². The number of rotatable bonds is 6. The van der Waals surface area contributed by atoms with E-state index in [-0.39, 0.29) is 29.9 Å². The molecule has 152 valence electrons. The van der Waals surface area contributed by atoms with Crippen molar-refractivity contribution in [3.63, 3.8) is 0 Å². The van der Waals surface area contributed by atoms with E-state index in [9.17, 15) is 4.79 Å². The number of nitrogens with zero attached hydrogens (tertiary/aromatic N) is 3. The summed E-state index contributed by atoms with van der Waals surface area (Å²) in [6.07, 6.45) is 1.32. The van der Waals surface area contributed by atoms with Crippen LogP contribution in [-0.2, 0) is 24.4 Å². The lowest BCUT2D eigenvalue weighted by Crippen LogP contribution is -2.37. The molecule has 0 atom stereocenters. The van der Waals surface area contributed by atoms with E-state index in [1.807, 2.05) is 24.0 Å². The summed E-state index contributed by atoms with van der Waals surface area (Å²) in [5.74, 6) is 0.950. The number of aromatic nitrogens is 1. The van der Waals surface area contributed by atoms with Crippen molar-refractivity contribution in [1.82, 2.24) is 20.5 Å². The second-order valence-corrected chi connectivity index (χ2v) is 8.01. The van der Waals surface area contributed by atoms with Crippen molar-refractivity contribution in [2.24, 2.45) is 4.99 Å². The number of fused-ring (bicyclic) bond motifs is 1. The molecule has 1 amide bonds. The van der Waals surface area contributed by atoms with Crippen molar-refractivity contribution >= 4 is 47.2 Å². The zero-order valence-corrected chi connectivity index (χ0v) is 19.8. The summed E-state index contributed by atoms with van der Waals surface area (Å²) >= 11 is 1.70. The van der Waals surface area contributed by atoms with Crippen LogP contribution < -0.4 is 10.6 Å². The highest BCUT2D eigenvalue weighted by molar-refractivity contribution is 14.0. The number of aryl methyl sites for hydroxylation is 2. The Morgan fingerprint density at radius 1 is 1.21 bits per heavy atom. The summed E-state index contributed by atoms with van der Waals surface area (Å²) in [6.45, 7) is 6.94. The van der Waals surface area contributed by atoms with Gasteiger partial charge in [0.1, 0.15) is 5.01 Å². The van der Waals surface area contributed by atoms with Crippen LogP contribution in [0.3, 0.4) is 0 Å². The zero-order chi connectivity index (χ0) is 19.2. The molecule has 0 fully saturated rings. The Kier molecular flexibility index (Phi) is 8.68. The molecule has 2 aromatic rings. The van der Waals surface area contributed by atoms with Gasteiger partial charge in [-0.2, -0.15) is 0 Å². The van der Waals surface area contributed by atoms with E-state index in [4.69, 9.17) is 0 Å². The van der Waals surface area contributed by atoms with E-state index < -0.39 is 0 Å². The summed E-state index contributed by atoms with van der Waals surface area (Å²) in [5, 5.41) is 7.59. The number of hydrogen-bond donors (Lipinski definition) is 2. The quantitative estimate of drug-likeness (QED) is 0.269. The molecule has 0 aliphatic carbocycles. The van der Waals surface area contributed by atoms with Gasteiger partial charge in [-0.3, -0.25) is 9.79 Å². The molecule has 3 rings (SSSR count). The van der Waals surface area contributed by atoms with E-state index in [1.165, 1.54) is 16.0 Å². The molecule has 6 nitrogen and oxygen atoms in total. The molecule has 8 heteroatoms. The van der Waals surface area contributed by atoms with Crippen molar-refractivity contribution in [2.45, 2.75) is 46.3 Å². The highest BCUT2D eigenvalue weighted by atomic mass is 127. The van der Waals surface area contributed by atoms with Gasteiger partial charge in [-0.15, -0.1) is 35.3 Å². The smallest absolute Gasteiger partial charge is 0.223 e. The van der Waals surface area contributed by atoms with Gasteiger partial charge in [-0.05, 0) is 31.4 Å². The molecule has 2 N–H and O–H groups in total. The van der Waals surface area contributed by atoms with Crippen molar-refractivity contribution in [2.75, 3.05) is 13.6 Å². The summed E-state index contributed by atoms with van der Waals surface area (Å²) in [6, 6.07) is 8.27. The zero-order valence-electron chi connectivity index (χ0n) is 16.6. The first-order valence-electron chi connectivity index (χ1n) is 9.29. The maximum atomic E-state index is 12.4. The minimum Gasteiger partial charge on any atom is -0.356 e. The molecular formula is C20H28IN5OS. The normalized spacial score (nSPS) is 13.1. The van der Waals surface area contributed by atoms with Crippen molar-refractivity contribution in [3.8, 4) is 0 Å². The molecule has 0 spiro atoms. The average molecular weight is 513 g/mol. The number of nitrogens with one attached hydrogen (secondary N) is 2. The van der Waals surface area contributed by atoms with E-state index in [2.05, 4.69) is 39.7 Å². The van der Waals surface area contributed by atoms with Crippen LogP contribution in [0.15, 0.2) is 29.3 Å². The maximum absolute atomic E-state index is 12.4. The number of carbonyl (C=O) groups excluding carboxylic acids is 1. The molecule has 0 unspecified atom stereocenters. The molecule has 0 saturated heterocycles. The SMILES string of the molecule is CN=C(NCCCC(=O)N1Cc2ccccc2C1)NCc1nc(C)c(C)s1.I. The van der Waals surface area contributed by atoms with Gasteiger partial charge in [0.2, 0.25) is 5.91 Å². The first-order valence-corrected chi connectivity index (χ1v) is 10.1. The third-order valence-corrected chi connectivity index (χ3v) is 5.83. The van der Waals surface area contributed by atoms with Gasteiger partial charge in [-0.25, -0.2) is 4.98 Å². The molecular weight excluding hydrogens is 485 g/mol. The lowest BCUT2D eigenvalue weighted by molar-refractivity contribution is -0.131. The van der Waals surface area contributed by atoms with Crippen molar-refractivity contribution in [3.05, 3.63) is 51.0 Å². The van der Waals surface area contributed by atoms with Crippen LogP contribution in [-0.4, -0.2) is 35.3 Å². The predicted octanol–water partition coefficient (Wildman–Crippen LogP) is 3.37. The first-order chi connectivity index (χ1) is 13.1. The van der Waals surface area contributed by atoms with E-state index in [0.717, 1.165) is 36.2 Å². The van der Waals surface area contributed by atoms with Gasteiger partial charge in [0.15, 0.2) is 5.96 Å². The minimum atomic E-state index is 0. The van der Waals surface area contributed by atoms with Crippen LogP contribution in [0.1, 0.15) is 39.5 Å². The summed E-state index contributed by atoms with van der Waals surface area (Å²) < 4.78 is 0. The number of halogens is 1. The maximum Gasteiger partial charge on any atom is 0.223 e. The van der Waals surface area contributed by atoms with Gasteiger partial charge in [0.25, 0.3) is 0 Å². The van der Waals surface area contributed by atoms with Gasteiger partial charge in [0.05, 0.1) is 12.2 Å². The Morgan fingerprint density at radius 2 is 1.89 bits per heavy atom. The number of hydrogen-bond acceptors (Lipinski definition) is 4. The number of carbonyl (C=O) groups is 1. The van der Waals surface area contributed by atoms with Crippen LogP contribution in [0.25, 0.3) is 0 Å². The predicted molar refractivity (Wildman–Crippen MR) is 125 cm³/mol. The molecule has 28 heavy (non-hydrogen) atoms. The van der Waals surface area contributed by atoms with E-state index >= 15 is 0 Å². The molecule has 1 aliphatic rings. The van der Waals surface area contributed by atoms with Gasteiger partial charge in [-0.1, -0.05) is 24.3 Å². The van der Waals surface area contributed by atoms with Crippen molar-refractivity contribution in [1.29, 1.82) is 0 Å². The molecule has 0 bridgehead atoms. The third kappa shape index (κ3) is 5.91. The second-order valence-electron chi connectivity index (χ2n) is 6.72. The summed E-state index contributed by atoms with van der Waals surface area (Å²) in [4.78, 5) is 24.4. The molecule has 1 aliphatic heterocycles. The number of guanidine groups is 1.